The van der Waals surface area contributed by atoms with Crippen LogP contribution < -0.4 is 0 Å². The number of methoxy groups -OCH3 is 1. The van der Waals surface area contributed by atoms with Crippen LogP contribution in [0.3, 0.4) is 0 Å². The fourth-order valence-corrected chi connectivity index (χ4v) is 2.54. The molecule has 2 nitrogen and oxygen atoms in total. The second kappa shape index (κ2) is 3.82. The van der Waals surface area contributed by atoms with Gasteiger partial charge in [-0.2, -0.15) is 0 Å². The maximum Gasteiger partial charge on any atom is 0.0601 e. The number of hydrogen-bond acceptors (Lipinski definition) is 2. The molecule has 0 bridgehead atoms. The summed E-state index contributed by atoms with van der Waals surface area (Å²) in [6.45, 7) is 7.27. The Morgan fingerprint density at radius 2 is 2.00 bits per heavy atom. The van der Waals surface area contributed by atoms with Gasteiger partial charge in [0.15, 0.2) is 0 Å². The van der Waals surface area contributed by atoms with Gasteiger partial charge in [-0.25, -0.2) is 0 Å². The summed E-state index contributed by atoms with van der Waals surface area (Å²) in [6.07, 6.45) is 5.81. The maximum absolute atomic E-state index is 5.47. The molecule has 0 N–H and O–H groups in total. The van der Waals surface area contributed by atoms with E-state index in [4.69, 9.17) is 4.74 Å². The smallest absolute Gasteiger partial charge is 0.0601 e. The number of ether oxygens (including phenoxy) is 1. The van der Waals surface area contributed by atoms with Crippen molar-refractivity contribution in [3.63, 3.8) is 0 Å². The van der Waals surface area contributed by atoms with Crippen LogP contribution in [0.5, 0.6) is 0 Å². The standard InChI is InChI=1S/C12H23NO/c1-12(2)8-11(14-3)6-7-13(12)9-10-4-5-10/h10-11H,4-9H2,1-3H3. The van der Waals surface area contributed by atoms with Gasteiger partial charge in [0.05, 0.1) is 6.10 Å². The van der Waals surface area contributed by atoms with Crippen LogP contribution >= 0.6 is 0 Å². The lowest BCUT2D eigenvalue weighted by molar-refractivity contribution is -0.0258. The van der Waals surface area contributed by atoms with Gasteiger partial charge in [-0.1, -0.05) is 0 Å². The van der Waals surface area contributed by atoms with Crippen LogP contribution in [0.1, 0.15) is 39.5 Å². The summed E-state index contributed by atoms with van der Waals surface area (Å²) in [7, 11) is 1.84. The zero-order valence-electron chi connectivity index (χ0n) is 9.75. The molecule has 0 spiro atoms. The Morgan fingerprint density at radius 1 is 1.29 bits per heavy atom. The second-order valence-electron chi connectivity index (χ2n) is 5.55. The Hall–Kier alpha value is -0.0800. The van der Waals surface area contributed by atoms with Gasteiger partial charge in [-0.3, -0.25) is 4.90 Å². The number of rotatable bonds is 3. The van der Waals surface area contributed by atoms with E-state index in [0.29, 0.717) is 11.6 Å². The number of likely N-dealkylation sites (tertiary alicyclic amines) is 1. The predicted molar refractivity (Wildman–Crippen MR) is 58.4 cm³/mol. The molecule has 1 saturated heterocycles. The van der Waals surface area contributed by atoms with Crippen molar-refractivity contribution in [2.75, 3.05) is 20.2 Å². The van der Waals surface area contributed by atoms with Crippen LogP contribution in [0.2, 0.25) is 0 Å². The quantitative estimate of drug-likeness (QED) is 0.688. The van der Waals surface area contributed by atoms with Gasteiger partial charge in [-0.15, -0.1) is 0 Å². The molecule has 0 radical (unpaired) electrons. The van der Waals surface area contributed by atoms with Crippen LogP contribution in [-0.4, -0.2) is 36.7 Å². The lowest BCUT2D eigenvalue weighted by Crippen LogP contribution is -2.52. The van der Waals surface area contributed by atoms with E-state index in [1.165, 1.54) is 38.8 Å². The Morgan fingerprint density at radius 3 is 2.50 bits per heavy atom. The summed E-state index contributed by atoms with van der Waals surface area (Å²) in [5, 5.41) is 0. The normalized spacial score (nSPS) is 33.2. The lowest BCUT2D eigenvalue weighted by atomic mass is 9.88. The monoisotopic (exact) mass is 197 g/mol. The average Bonchev–Trinajstić information content (AvgIpc) is 2.91. The van der Waals surface area contributed by atoms with Crippen molar-refractivity contribution in [3.8, 4) is 0 Å². The molecule has 1 aliphatic carbocycles. The van der Waals surface area contributed by atoms with Crippen molar-refractivity contribution in [2.24, 2.45) is 5.92 Å². The highest BCUT2D eigenvalue weighted by Crippen LogP contribution is 2.35. The summed E-state index contributed by atoms with van der Waals surface area (Å²) in [5.41, 5.74) is 0.349. The topological polar surface area (TPSA) is 12.5 Å². The minimum Gasteiger partial charge on any atom is -0.381 e. The molecule has 1 unspecified atom stereocenters. The predicted octanol–water partition coefficient (Wildman–Crippen LogP) is 2.29. The van der Waals surface area contributed by atoms with Crippen LogP contribution in [0.25, 0.3) is 0 Å². The van der Waals surface area contributed by atoms with Gasteiger partial charge in [0.25, 0.3) is 0 Å². The minimum absolute atomic E-state index is 0.349. The molecule has 0 aromatic rings. The first-order valence-electron chi connectivity index (χ1n) is 5.89. The van der Waals surface area contributed by atoms with Crippen LogP contribution in [0.4, 0.5) is 0 Å². The highest BCUT2D eigenvalue weighted by atomic mass is 16.5. The van der Waals surface area contributed by atoms with Crippen molar-refractivity contribution < 1.29 is 4.74 Å². The summed E-state index contributed by atoms with van der Waals surface area (Å²) < 4.78 is 5.47. The van der Waals surface area contributed by atoms with Gasteiger partial charge < -0.3 is 4.74 Å². The largest absolute Gasteiger partial charge is 0.381 e. The Bertz CT molecular complexity index is 198. The zero-order chi connectivity index (χ0) is 10.2. The first kappa shape index (κ1) is 10.4. The first-order chi connectivity index (χ1) is 6.62. The molecule has 0 aromatic carbocycles. The molecule has 82 valence electrons. The van der Waals surface area contributed by atoms with E-state index in [9.17, 15) is 0 Å². The van der Waals surface area contributed by atoms with E-state index in [1.54, 1.807) is 0 Å². The molecule has 1 heterocycles. The molecule has 0 amide bonds. The Labute approximate surface area is 87.6 Å². The van der Waals surface area contributed by atoms with Crippen LogP contribution in [0.15, 0.2) is 0 Å². The number of nitrogens with zero attached hydrogens (tertiary/aromatic N) is 1. The Balaban J connectivity index is 1.90. The van der Waals surface area contributed by atoms with E-state index in [0.717, 1.165) is 5.92 Å². The number of hydrogen-bond donors (Lipinski definition) is 0. The summed E-state index contributed by atoms with van der Waals surface area (Å²) in [6, 6.07) is 0. The van der Waals surface area contributed by atoms with E-state index in [-0.39, 0.29) is 0 Å². The van der Waals surface area contributed by atoms with Crippen molar-refractivity contribution >= 4 is 0 Å². The molecule has 1 aliphatic heterocycles. The number of piperidine rings is 1. The first-order valence-corrected chi connectivity index (χ1v) is 5.89. The highest BCUT2D eigenvalue weighted by Gasteiger charge is 2.37. The van der Waals surface area contributed by atoms with Crippen molar-refractivity contribution in [1.82, 2.24) is 4.90 Å². The van der Waals surface area contributed by atoms with Gasteiger partial charge in [0.1, 0.15) is 0 Å². The maximum atomic E-state index is 5.47. The van der Waals surface area contributed by atoms with Gasteiger partial charge >= 0.3 is 0 Å². The van der Waals surface area contributed by atoms with E-state index in [2.05, 4.69) is 18.7 Å². The molecule has 2 aliphatic rings. The van der Waals surface area contributed by atoms with E-state index < -0.39 is 0 Å². The third-order valence-corrected chi connectivity index (χ3v) is 3.81. The SMILES string of the molecule is COC1CCN(CC2CC2)C(C)(C)C1. The zero-order valence-corrected chi connectivity index (χ0v) is 9.75. The van der Waals surface area contributed by atoms with Crippen molar-refractivity contribution in [2.45, 2.75) is 51.2 Å². The van der Waals surface area contributed by atoms with Gasteiger partial charge in [0.2, 0.25) is 0 Å². The summed E-state index contributed by atoms with van der Waals surface area (Å²) >= 11 is 0. The molecule has 2 fully saturated rings. The van der Waals surface area contributed by atoms with Gasteiger partial charge in [0, 0.05) is 25.7 Å². The summed E-state index contributed by atoms with van der Waals surface area (Å²) in [4.78, 5) is 2.67. The lowest BCUT2D eigenvalue weighted by Gasteiger charge is -2.45. The highest BCUT2D eigenvalue weighted by molar-refractivity contribution is 4.92. The molecular formula is C12H23NO. The fraction of sp³-hybridized carbons (Fsp3) is 1.00. The minimum atomic E-state index is 0.349. The second-order valence-corrected chi connectivity index (χ2v) is 5.55. The fourth-order valence-electron chi connectivity index (χ4n) is 2.54. The molecular weight excluding hydrogens is 174 g/mol. The summed E-state index contributed by atoms with van der Waals surface area (Å²) in [5.74, 6) is 1.01. The average molecular weight is 197 g/mol. The molecule has 2 rings (SSSR count). The van der Waals surface area contributed by atoms with Crippen LogP contribution in [0, 0.1) is 5.92 Å². The molecule has 1 atom stereocenters. The third kappa shape index (κ3) is 2.29. The molecule has 1 saturated carbocycles. The van der Waals surface area contributed by atoms with Crippen molar-refractivity contribution in [3.05, 3.63) is 0 Å². The van der Waals surface area contributed by atoms with Crippen molar-refractivity contribution in [1.29, 1.82) is 0 Å². The molecule has 2 heteroatoms. The van der Waals surface area contributed by atoms with Crippen LogP contribution in [-0.2, 0) is 4.74 Å². The van der Waals surface area contributed by atoms with E-state index in [1.807, 2.05) is 7.11 Å². The Kier molecular flexibility index (Phi) is 2.85. The molecule has 14 heavy (non-hydrogen) atoms. The van der Waals surface area contributed by atoms with E-state index >= 15 is 0 Å². The van der Waals surface area contributed by atoms with Gasteiger partial charge in [-0.05, 0) is 45.4 Å². The third-order valence-electron chi connectivity index (χ3n) is 3.81. The molecule has 0 aromatic heterocycles.